The van der Waals surface area contributed by atoms with E-state index in [-0.39, 0.29) is 0 Å². The first kappa shape index (κ1) is 9.15. The Morgan fingerprint density at radius 2 is 2.07 bits per heavy atom. The average molecular weight is 205 g/mol. The number of hydrogen-bond acceptors (Lipinski definition) is 4. The second kappa shape index (κ2) is 4.72. The van der Waals surface area contributed by atoms with Crippen LogP contribution >= 0.6 is 11.7 Å². The summed E-state index contributed by atoms with van der Waals surface area (Å²) in [4.78, 5) is 0. The Morgan fingerprint density at radius 3 is 2.79 bits per heavy atom. The topological polar surface area (TPSA) is 37.8 Å². The standard InChI is InChI=1S/C10H11N3S/c1-2-4-9(5-3-1)6-7-11-10-8-12-14-13-10/h1-5,8H,6-7H2,(H,11,13). The fourth-order valence-electron chi connectivity index (χ4n) is 1.22. The minimum Gasteiger partial charge on any atom is -0.368 e. The fourth-order valence-corrected chi connectivity index (χ4v) is 1.62. The SMILES string of the molecule is c1ccc(CCNc2cnsn2)cc1. The van der Waals surface area contributed by atoms with Gasteiger partial charge in [0, 0.05) is 6.54 Å². The van der Waals surface area contributed by atoms with E-state index in [1.54, 1.807) is 6.20 Å². The third-order valence-corrected chi connectivity index (χ3v) is 2.40. The maximum atomic E-state index is 4.07. The van der Waals surface area contributed by atoms with Crippen LogP contribution in [-0.2, 0) is 6.42 Å². The summed E-state index contributed by atoms with van der Waals surface area (Å²) in [7, 11) is 0. The van der Waals surface area contributed by atoms with Crippen LogP contribution in [0.5, 0.6) is 0 Å². The van der Waals surface area contributed by atoms with Crippen LogP contribution in [0.3, 0.4) is 0 Å². The molecule has 4 heteroatoms. The van der Waals surface area contributed by atoms with Gasteiger partial charge in [-0.1, -0.05) is 30.3 Å². The van der Waals surface area contributed by atoms with E-state index in [1.807, 2.05) is 6.07 Å². The van der Waals surface area contributed by atoms with Gasteiger partial charge in [-0.3, -0.25) is 0 Å². The Hall–Kier alpha value is -1.42. The van der Waals surface area contributed by atoms with Crippen molar-refractivity contribution < 1.29 is 0 Å². The number of anilines is 1. The third kappa shape index (κ3) is 2.53. The van der Waals surface area contributed by atoms with Gasteiger partial charge in [-0.15, -0.1) is 0 Å². The molecule has 0 saturated carbocycles. The summed E-state index contributed by atoms with van der Waals surface area (Å²) in [6.45, 7) is 0.898. The van der Waals surface area contributed by atoms with Crippen molar-refractivity contribution in [2.45, 2.75) is 6.42 Å². The molecule has 72 valence electrons. The number of benzene rings is 1. The second-order valence-electron chi connectivity index (χ2n) is 2.96. The van der Waals surface area contributed by atoms with Crippen LogP contribution < -0.4 is 5.32 Å². The number of aromatic nitrogens is 2. The zero-order valence-electron chi connectivity index (χ0n) is 7.68. The average Bonchev–Trinajstić information content (AvgIpc) is 2.72. The number of hydrogen-bond donors (Lipinski definition) is 1. The van der Waals surface area contributed by atoms with Gasteiger partial charge in [-0.2, -0.15) is 8.75 Å². The predicted octanol–water partition coefficient (Wildman–Crippen LogP) is 2.19. The molecule has 0 bridgehead atoms. The van der Waals surface area contributed by atoms with Crippen molar-refractivity contribution in [3.8, 4) is 0 Å². The summed E-state index contributed by atoms with van der Waals surface area (Å²) >= 11 is 1.22. The van der Waals surface area contributed by atoms with Gasteiger partial charge in [-0.25, -0.2) is 0 Å². The van der Waals surface area contributed by atoms with Crippen molar-refractivity contribution >= 4 is 17.5 Å². The molecule has 2 aromatic rings. The third-order valence-electron chi connectivity index (χ3n) is 1.92. The van der Waals surface area contributed by atoms with Crippen molar-refractivity contribution in [3.05, 3.63) is 42.1 Å². The van der Waals surface area contributed by atoms with Crippen LogP contribution in [0.25, 0.3) is 0 Å². The summed E-state index contributed by atoms with van der Waals surface area (Å²) in [6.07, 6.45) is 2.76. The molecule has 0 radical (unpaired) electrons. The van der Waals surface area contributed by atoms with Gasteiger partial charge < -0.3 is 5.32 Å². The predicted molar refractivity (Wildman–Crippen MR) is 58.5 cm³/mol. The smallest absolute Gasteiger partial charge is 0.160 e. The quantitative estimate of drug-likeness (QED) is 0.831. The van der Waals surface area contributed by atoms with E-state index >= 15 is 0 Å². The van der Waals surface area contributed by atoms with Crippen LogP contribution in [0, 0.1) is 0 Å². The molecule has 0 saturated heterocycles. The van der Waals surface area contributed by atoms with E-state index in [0.717, 1.165) is 18.8 Å². The zero-order chi connectivity index (χ0) is 9.64. The maximum absolute atomic E-state index is 4.07. The Bertz CT molecular complexity index is 358. The molecule has 0 aliphatic heterocycles. The summed E-state index contributed by atoms with van der Waals surface area (Å²) in [5.74, 6) is 0.867. The number of nitrogens with zero attached hydrogens (tertiary/aromatic N) is 2. The minimum atomic E-state index is 0.867. The lowest BCUT2D eigenvalue weighted by molar-refractivity contribution is 1.01. The van der Waals surface area contributed by atoms with Gasteiger partial charge in [0.15, 0.2) is 5.82 Å². The Kier molecular flexibility index (Phi) is 3.08. The minimum absolute atomic E-state index is 0.867. The highest BCUT2D eigenvalue weighted by atomic mass is 32.1. The van der Waals surface area contributed by atoms with E-state index in [9.17, 15) is 0 Å². The highest BCUT2D eigenvalue weighted by Gasteiger charge is 1.94. The first-order valence-electron chi connectivity index (χ1n) is 4.50. The van der Waals surface area contributed by atoms with Crippen LogP contribution in [0.1, 0.15) is 5.56 Å². The molecule has 0 aliphatic carbocycles. The maximum Gasteiger partial charge on any atom is 0.160 e. The van der Waals surface area contributed by atoms with Gasteiger partial charge in [0.1, 0.15) is 0 Å². The molecule has 0 amide bonds. The first-order chi connectivity index (χ1) is 6.95. The van der Waals surface area contributed by atoms with Crippen LogP contribution in [0.4, 0.5) is 5.82 Å². The molecule has 3 nitrogen and oxygen atoms in total. The summed E-state index contributed by atoms with van der Waals surface area (Å²) in [5.41, 5.74) is 1.34. The summed E-state index contributed by atoms with van der Waals surface area (Å²) < 4.78 is 7.98. The molecule has 1 aromatic heterocycles. The molecule has 2 rings (SSSR count). The largest absolute Gasteiger partial charge is 0.368 e. The lowest BCUT2D eigenvalue weighted by Crippen LogP contribution is -2.04. The second-order valence-corrected chi connectivity index (χ2v) is 3.51. The molecule has 0 fully saturated rings. The van der Waals surface area contributed by atoms with Crippen LogP contribution in [-0.4, -0.2) is 15.3 Å². The van der Waals surface area contributed by atoms with Crippen molar-refractivity contribution in [2.24, 2.45) is 0 Å². The van der Waals surface area contributed by atoms with E-state index in [4.69, 9.17) is 0 Å². The molecular formula is C10H11N3S. The zero-order valence-corrected chi connectivity index (χ0v) is 8.50. The van der Waals surface area contributed by atoms with E-state index < -0.39 is 0 Å². The van der Waals surface area contributed by atoms with Gasteiger partial charge in [0.25, 0.3) is 0 Å². The normalized spacial score (nSPS) is 10.0. The lowest BCUT2D eigenvalue weighted by atomic mass is 10.1. The molecule has 1 N–H and O–H groups in total. The Balaban J connectivity index is 1.79. The molecule has 1 aromatic carbocycles. The van der Waals surface area contributed by atoms with Gasteiger partial charge in [0.05, 0.1) is 17.9 Å². The molecule has 0 atom stereocenters. The van der Waals surface area contributed by atoms with Crippen LogP contribution in [0.15, 0.2) is 36.5 Å². The first-order valence-corrected chi connectivity index (χ1v) is 5.23. The molecule has 14 heavy (non-hydrogen) atoms. The fraction of sp³-hybridized carbons (Fsp3) is 0.200. The van der Waals surface area contributed by atoms with Gasteiger partial charge >= 0.3 is 0 Å². The molecule has 0 aliphatic rings. The van der Waals surface area contributed by atoms with E-state index in [1.165, 1.54) is 17.3 Å². The molecule has 1 heterocycles. The van der Waals surface area contributed by atoms with Gasteiger partial charge in [-0.05, 0) is 12.0 Å². The lowest BCUT2D eigenvalue weighted by Gasteiger charge is -2.01. The van der Waals surface area contributed by atoms with Crippen molar-refractivity contribution in [2.75, 3.05) is 11.9 Å². The van der Waals surface area contributed by atoms with Crippen LogP contribution in [0.2, 0.25) is 0 Å². The molecular weight excluding hydrogens is 194 g/mol. The monoisotopic (exact) mass is 205 g/mol. The summed E-state index contributed by atoms with van der Waals surface area (Å²) in [5, 5.41) is 3.21. The van der Waals surface area contributed by atoms with Crippen molar-refractivity contribution in [3.63, 3.8) is 0 Å². The van der Waals surface area contributed by atoms with E-state index in [2.05, 4.69) is 38.3 Å². The highest BCUT2D eigenvalue weighted by Crippen LogP contribution is 2.03. The molecule has 0 spiro atoms. The molecule has 0 unspecified atom stereocenters. The summed E-state index contributed by atoms with van der Waals surface area (Å²) in [6, 6.07) is 10.4. The van der Waals surface area contributed by atoms with Crippen molar-refractivity contribution in [1.29, 1.82) is 0 Å². The number of rotatable bonds is 4. The van der Waals surface area contributed by atoms with Gasteiger partial charge in [0.2, 0.25) is 0 Å². The Labute approximate surface area is 87.1 Å². The Morgan fingerprint density at radius 1 is 1.21 bits per heavy atom. The number of nitrogens with one attached hydrogen (secondary N) is 1. The highest BCUT2D eigenvalue weighted by molar-refractivity contribution is 6.99. The van der Waals surface area contributed by atoms with E-state index in [0.29, 0.717) is 0 Å². The van der Waals surface area contributed by atoms with Crippen molar-refractivity contribution in [1.82, 2.24) is 8.75 Å².